The van der Waals surface area contributed by atoms with Crippen molar-refractivity contribution in [1.82, 2.24) is 10.6 Å². The predicted molar refractivity (Wildman–Crippen MR) is 90.4 cm³/mol. The highest BCUT2D eigenvalue weighted by Gasteiger charge is 2.34. The minimum atomic E-state index is 0.0657. The highest BCUT2D eigenvalue weighted by molar-refractivity contribution is 5.94. The topological polar surface area (TPSA) is 44.4 Å². The Bertz CT molecular complexity index is 502. The van der Waals surface area contributed by atoms with Crippen LogP contribution < -0.4 is 15.5 Å². The fraction of sp³-hybridized carbons (Fsp3) is 0.611. The molecule has 2 unspecified atom stereocenters. The molecular formula is C18H27N3O. The maximum atomic E-state index is 12.4. The normalized spacial score (nSPS) is 26.7. The van der Waals surface area contributed by atoms with Crippen LogP contribution in [0.15, 0.2) is 24.3 Å². The number of amides is 1. The number of piperidine rings is 1. The smallest absolute Gasteiger partial charge is 0.251 e. The molecule has 1 aromatic carbocycles. The third-order valence-electron chi connectivity index (χ3n) is 4.94. The van der Waals surface area contributed by atoms with Crippen molar-refractivity contribution in [1.29, 1.82) is 0 Å². The van der Waals surface area contributed by atoms with E-state index < -0.39 is 0 Å². The molecule has 2 bridgehead atoms. The Morgan fingerprint density at radius 1 is 1.23 bits per heavy atom. The van der Waals surface area contributed by atoms with E-state index in [2.05, 4.69) is 29.5 Å². The van der Waals surface area contributed by atoms with Gasteiger partial charge in [0.1, 0.15) is 0 Å². The van der Waals surface area contributed by atoms with Crippen molar-refractivity contribution in [3.63, 3.8) is 0 Å². The molecular weight excluding hydrogens is 274 g/mol. The molecule has 4 nitrogen and oxygen atoms in total. The fourth-order valence-corrected chi connectivity index (χ4v) is 3.78. The average Bonchev–Trinajstić information content (AvgIpc) is 2.86. The Balaban J connectivity index is 1.58. The lowest BCUT2D eigenvalue weighted by atomic mass is 9.99. The Morgan fingerprint density at radius 3 is 2.45 bits per heavy atom. The third-order valence-corrected chi connectivity index (χ3v) is 4.94. The number of benzene rings is 1. The monoisotopic (exact) mass is 301 g/mol. The molecule has 2 heterocycles. The van der Waals surface area contributed by atoms with Crippen molar-refractivity contribution >= 4 is 11.6 Å². The van der Waals surface area contributed by atoms with Crippen LogP contribution in [0.5, 0.6) is 0 Å². The third kappa shape index (κ3) is 3.43. The van der Waals surface area contributed by atoms with Crippen LogP contribution in [-0.4, -0.2) is 37.6 Å². The zero-order valence-corrected chi connectivity index (χ0v) is 13.6. The van der Waals surface area contributed by atoms with Gasteiger partial charge in [-0.05, 0) is 56.4 Å². The molecule has 2 aliphatic heterocycles. The van der Waals surface area contributed by atoms with Gasteiger partial charge in [-0.1, -0.05) is 6.92 Å². The molecule has 0 aromatic heterocycles. The van der Waals surface area contributed by atoms with E-state index in [0.29, 0.717) is 18.1 Å². The summed E-state index contributed by atoms with van der Waals surface area (Å²) in [5.41, 5.74) is 1.93. The minimum Gasteiger partial charge on any atom is -0.375 e. The van der Waals surface area contributed by atoms with Crippen molar-refractivity contribution < 1.29 is 4.79 Å². The van der Waals surface area contributed by atoms with Gasteiger partial charge in [-0.15, -0.1) is 0 Å². The van der Waals surface area contributed by atoms with Crippen LogP contribution in [-0.2, 0) is 0 Å². The van der Waals surface area contributed by atoms with E-state index in [1.807, 2.05) is 24.3 Å². The number of carbonyl (C=O) groups is 1. The van der Waals surface area contributed by atoms with E-state index in [0.717, 1.165) is 31.4 Å². The molecule has 2 N–H and O–H groups in total. The first-order valence-electron chi connectivity index (χ1n) is 8.54. The molecule has 0 saturated carbocycles. The molecule has 22 heavy (non-hydrogen) atoms. The zero-order chi connectivity index (χ0) is 15.5. The first-order valence-corrected chi connectivity index (χ1v) is 8.54. The second kappa shape index (κ2) is 6.69. The van der Waals surface area contributed by atoms with Crippen LogP contribution in [0.2, 0.25) is 0 Å². The molecule has 3 rings (SSSR count). The van der Waals surface area contributed by atoms with Crippen molar-refractivity contribution in [2.75, 3.05) is 18.5 Å². The van der Waals surface area contributed by atoms with Crippen LogP contribution in [0.25, 0.3) is 0 Å². The summed E-state index contributed by atoms with van der Waals surface area (Å²) >= 11 is 0. The number of anilines is 1. The molecule has 2 atom stereocenters. The Kier molecular flexibility index (Phi) is 4.67. The quantitative estimate of drug-likeness (QED) is 0.878. The highest BCUT2D eigenvalue weighted by atomic mass is 16.1. The lowest BCUT2D eigenvalue weighted by Crippen LogP contribution is -2.48. The van der Waals surface area contributed by atoms with Gasteiger partial charge in [-0.3, -0.25) is 4.79 Å². The van der Waals surface area contributed by atoms with Gasteiger partial charge in [0.2, 0.25) is 0 Å². The molecule has 4 heteroatoms. The van der Waals surface area contributed by atoms with E-state index in [9.17, 15) is 4.79 Å². The Labute approximate surface area is 133 Å². The molecule has 2 saturated heterocycles. The summed E-state index contributed by atoms with van der Waals surface area (Å²) in [5, 5.41) is 6.83. The summed E-state index contributed by atoms with van der Waals surface area (Å²) in [5.74, 6) is 0.0657. The van der Waals surface area contributed by atoms with Crippen molar-refractivity contribution in [3.05, 3.63) is 29.8 Å². The molecule has 1 amide bonds. The summed E-state index contributed by atoms with van der Waals surface area (Å²) in [6.07, 6.45) is 5.78. The summed E-state index contributed by atoms with van der Waals surface area (Å²) < 4.78 is 0. The number of nitrogens with one attached hydrogen (secondary N) is 2. The van der Waals surface area contributed by atoms with Gasteiger partial charge in [-0.25, -0.2) is 0 Å². The number of hydrogen-bond donors (Lipinski definition) is 2. The van der Waals surface area contributed by atoms with Crippen molar-refractivity contribution in [3.8, 4) is 0 Å². The van der Waals surface area contributed by atoms with Crippen LogP contribution in [0.3, 0.4) is 0 Å². The van der Waals surface area contributed by atoms with Crippen LogP contribution >= 0.6 is 0 Å². The largest absolute Gasteiger partial charge is 0.375 e. The molecule has 2 fully saturated rings. The van der Waals surface area contributed by atoms with E-state index >= 15 is 0 Å². The standard InChI is InChI=1S/C18H27N3O/c1-3-10-21(2)17-8-4-13(5-9-17)18(22)20-16-11-14-6-7-15(12-16)19-14/h4-5,8-9,14-16,19H,3,6-7,10-12H2,1-2H3,(H,20,22). The summed E-state index contributed by atoms with van der Waals surface area (Å²) in [7, 11) is 2.09. The van der Waals surface area contributed by atoms with E-state index in [1.54, 1.807) is 0 Å². The predicted octanol–water partition coefficient (Wildman–Crippen LogP) is 2.55. The van der Waals surface area contributed by atoms with Gasteiger partial charge >= 0.3 is 0 Å². The summed E-state index contributed by atoms with van der Waals surface area (Å²) in [6.45, 7) is 3.20. The van der Waals surface area contributed by atoms with E-state index in [-0.39, 0.29) is 5.91 Å². The molecule has 120 valence electrons. The Morgan fingerprint density at radius 2 is 1.86 bits per heavy atom. The van der Waals surface area contributed by atoms with Crippen LogP contribution in [0.1, 0.15) is 49.4 Å². The van der Waals surface area contributed by atoms with Crippen molar-refractivity contribution in [2.24, 2.45) is 0 Å². The maximum Gasteiger partial charge on any atom is 0.251 e. The number of fused-ring (bicyclic) bond motifs is 2. The van der Waals surface area contributed by atoms with Gasteiger partial charge in [0.25, 0.3) is 5.91 Å². The molecule has 0 radical (unpaired) electrons. The highest BCUT2D eigenvalue weighted by Crippen LogP contribution is 2.27. The first-order chi connectivity index (χ1) is 10.7. The number of nitrogens with zero attached hydrogens (tertiary/aromatic N) is 1. The average molecular weight is 301 g/mol. The summed E-state index contributed by atoms with van der Waals surface area (Å²) in [4.78, 5) is 14.6. The van der Waals surface area contributed by atoms with Crippen molar-refractivity contribution in [2.45, 2.75) is 57.2 Å². The molecule has 2 aliphatic rings. The SMILES string of the molecule is CCCN(C)c1ccc(C(=O)NC2CC3CCC(C2)N3)cc1. The maximum absolute atomic E-state index is 12.4. The fourth-order valence-electron chi connectivity index (χ4n) is 3.78. The van der Waals surface area contributed by atoms with Gasteiger partial charge in [0, 0.05) is 43.0 Å². The zero-order valence-electron chi connectivity index (χ0n) is 13.6. The summed E-state index contributed by atoms with van der Waals surface area (Å²) in [6, 6.07) is 9.49. The second-order valence-electron chi connectivity index (χ2n) is 6.75. The second-order valence-corrected chi connectivity index (χ2v) is 6.75. The van der Waals surface area contributed by atoms with E-state index in [1.165, 1.54) is 18.5 Å². The Hall–Kier alpha value is -1.55. The lowest BCUT2D eigenvalue weighted by Gasteiger charge is -2.29. The number of rotatable bonds is 5. The first kappa shape index (κ1) is 15.3. The van der Waals surface area contributed by atoms with Gasteiger partial charge in [0.15, 0.2) is 0 Å². The van der Waals surface area contributed by atoms with Crippen LogP contribution in [0.4, 0.5) is 5.69 Å². The lowest BCUT2D eigenvalue weighted by molar-refractivity contribution is 0.0924. The minimum absolute atomic E-state index is 0.0657. The van der Waals surface area contributed by atoms with Gasteiger partial charge < -0.3 is 15.5 Å². The molecule has 0 aliphatic carbocycles. The van der Waals surface area contributed by atoms with E-state index in [4.69, 9.17) is 0 Å². The van der Waals surface area contributed by atoms with Gasteiger partial charge in [-0.2, -0.15) is 0 Å². The number of carbonyl (C=O) groups excluding carboxylic acids is 1. The number of hydrogen-bond acceptors (Lipinski definition) is 3. The van der Waals surface area contributed by atoms with Gasteiger partial charge in [0.05, 0.1) is 0 Å². The molecule has 0 spiro atoms. The van der Waals surface area contributed by atoms with Crippen LogP contribution in [0, 0.1) is 0 Å². The molecule has 1 aromatic rings.